The Morgan fingerprint density at radius 1 is 1.46 bits per heavy atom. The molecule has 1 aliphatic rings. The molecule has 13 heavy (non-hydrogen) atoms. The zero-order chi connectivity index (χ0) is 9.68. The molecule has 0 saturated carbocycles. The summed E-state index contributed by atoms with van der Waals surface area (Å²) in [4.78, 5) is 0. The Labute approximate surface area is 81.8 Å². The lowest BCUT2D eigenvalue weighted by atomic mass is 9.92. The second-order valence-electron chi connectivity index (χ2n) is 4.27. The zero-order valence-corrected chi connectivity index (χ0v) is 8.96. The van der Waals surface area contributed by atoms with Gasteiger partial charge in [0.05, 0.1) is 6.10 Å². The highest BCUT2D eigenvalue weighted by Crippen LogP contribution is 2.19. The van der Waals surface area contributed by atoms with Gasteiger partial charge in [0, 0.05) is 12.6 Å². The van der Waals surface area contributed by atoms with Crippen LogP contribution in [0.1, 0.15) is 46.0 Å². The van der Waals surface area contributed by atoms with Crippen molar-refractivity contribution in [3.8, 4) is 0 Å². The Morgan fingerprint density at radius 3 is 2.77 bits per heavy atom. The van der Waals surface area contributed by atoms with Crippen molar-refractivity contribution >= 4 is 0 Å². The van der Waals surface area contributed by atoms with Gasteiger partial charge in [-0.2, -0.15) is 0 Å². The lowest BCUT2D eigenvalue weighted by Gasteiger charge is -2.27. The van der Waals surface area contributed by atoms with Crippen LogP contribution < -0.4 is 5.73 Å². The molecular formula is C11H23NO. The van der Waals surface area contributed by atoms with E-state index in [0.717, 1.165) is 13.0 Å². The fourth-order valence-corrected chi connectivity index (χ4v) is 1.83. The van der Waals surface area contributed by atoms with Crippen molar-refractivity contribution in [1.29, 1.82) is 0 Å². The molecule has 0 spiro atoms. The van der Waals surface area contributed by atoms with E-state index in [1.807, 2.05) is 0 Å². The summed E-state index contributed by atoms with van der Waals surface area (Å²) in [5.41, 5.74) is 6.08. The maximum absolute atomic E-state index is 6.08. The number of hydrogen-bond donors (Lipinski definition) is 1. The summed E-state index contributed by atoms with van der Waals surface area (Å²) in [6, 6.07) is 0.327. The number of nitrogens with two attached hydrogens (primary N) is 1. The second-order valence-corrected chi connectivity index (χ2v) is 4.27. The van der Waals surface area contributed by atoms with Crippen LogP contribution in [-0.4, -0.2) is 18.8 Å². The number of hydrogen-bond acceptors (Lipinski definition) is 2. The van der Waals surface area contributed by atoms with Crippen molar-refractivity contribution in [2.45, 2.75) is 58.1 Å². The van der Waals surface area contributed by atoms with E-state index in [-0.39, 0.29) is 0 Å². The van der Waals surface area contributed by atoms with E-state index in [9.17, 15) is 0 Å². The Morgan fingerprint density at radius 2 is 2.23 bits per heavy atom. The van der Waals surface area contributed by atoms with Crippen LogP contribution in [0.4, 0.5) is 0 Å². The zero-order valence-electron chi connectivity index (χ0n) is 8.96. The highest BCUT2D eigenvalue weighted by atomic mass is 16.5. The fraction of sp³-hybridized carbons (Fsp3) is 1.00. The van der Waals surface area contributed by atoms with Crippen LogP contribution in [0, 0.1) is 5.92 Å². The Bertz CT molecular complexity index is 132. The summed E-state index contributed by atoms with van der Waals surface area (Å²) in [6.07, 6.45) is 6.43. The molecule has 1 saturated heterocycles. The highest BCUT2D eigenvalue weighted by Gasteiger charge is 2.19. The van der Waals surface area contributed by atoms with E-state index in [2.05, 4.69) is 13.8 Å². The largest absolute Gasteiger partial charge is 0.378 e. The molecule has 3 unspecified atom stereocenters. The Kier molecular flexibility index (Phi) is 4.74. The lowest BCUT2D eigenvalue weighted by molar-refractivity contribution is 0.00441. The highest BCUT2D eigenvalue weighted by molar-refractivity contribution is 4.74. The number of rotatable bonds is 4. The summed E-state index contributed by atoms with van der Waals surface area (Å²) in [7, 11) is 0. The van der Waals surface area contributed by atoms with E-state index in [1.54, 1.807) is 0 Å². The summed E-state index contributed by atoms with van der Waals surface area (Å²) < 4.78 is 5.66. The van der Waals surface area contributed by atoms with Crippen LogP contribution >= 0.6 is 0 Å². The van der Waals surface area contributed by atoms with E-state index >= 15 is 0 Å². The summed E-state index contributed by atoms with van der Waals surface area (Å²) in [5.74, 6) is 0.630. The van der Waals surface area contributed by atoms with Crippen LogP contribution in [0.25, 0.3) is 0 Å². The van der Waals surface area contributed by atoms with Gasteiger partial charge >= 0.3 is 0 Å². The van der Waals surface area contributed by atoms with Crippen LogP contribution in [0.3, 0.4) is 0 Å². The van der Waals surface area contributed by atoms with E-state index in [0.29, 0.717) is 18.1 Å². The molecule has 2 heteroatoms. The van der Waals surface area contributed by atoms with Crippen LogP contribution in [0.5, 0.6) is 0 Å². The van der Waals surface area contributed by atoms with E-state index in [4.69, 9.17) is 10.5 Å². The first-order valence-electron chi connectivity index (χ1n) is 5.61. The van der Waals surface area contributed by atoms with Crippen molar-refractivity contribution in [2.24, 2.45) is 11.7 Å². The van der Waals surface area contributed by atoms with Gasteiger partial charge in [-0.1, -0.05) is 20.3 Å². The molecule has 0 bridgehead atoms. The SMILES string of the molecule is CCC(C)C(N)CC1CCCCO1. The fourth-order valence-electron chi connectivity index (χ4n) is 1.83. The molecule has 1 heterocycles. The molecule has 3 atom stereocenters. The first-order chi connectivity index (χ1) is 6.24. The normalized spacial score (nSPS) is 28.4. The van der Waals surface area contributed by atoms with Gasteiger partial charge in [-0.05, 0) is 31.6 Å². The standard InChI is InChI=1S/C11H23NO/c1-3-9(2)11(12)8-10-6-4-5-7-13-10/h9-11H,3-8,12H2,1-2H3. The topological polar surface area (TPSA) is 35.2 Å². The van der Waals surface area contributed by atoms with Gasteiger partial charge in [-0.25, -0.2) is 0 Å². The summed E-state index contributed by atoms with van der Waals surface area (Å²) in [6.45, 7) is 5.37. The Hall–Kier alpha value is -0.0800. The maximum atomic E-state index is 6.08. The molecule has 78 valence electrons. The van der Waals surface area contributed by atoms with Gasteiger partial charge in [0.2, 0.25) is 0 Å². The van der Waals surface area contributed by atoms with Crippen LogP contribution in [0.15, 0.2) is 0 Å². The van der Waals surface area contributed by atoms with Crippen molar-refractivity contribution in [1.82, 2.24) is 0 Å². The van der Waals surface area contributed by atoms with Gasteiger partial charge in [-0.15, -0.1) is 0 Å². The third-order valence-corrected chi connectivity index (χ3v) is 3.18. The third kappa shape index (κ3) is 3.65. The van der Waals surface area contributed by atoms with Gasteiger partial charge in [0.15, 0.2) is 0 Å². The molecule has 2 N–H and O–H groups in total. The van der Waals surface area contributed by atoms with E-state index in [1.165, 1.54) is 25.7 Å². The average Bonchev–Trinajstić information content (AvgIpc) is 2.18. The Balaban J connectivity index is 2.21. The quantitative estimate of drug-likeness (QED) is 0.729. The molecule has 1 aliphatic heterocycles. The summed E-state index contributed by atoms with van der Waals surface area (Å²) >= 11 is 0. The van der Waals surface area contributed by atoms with Gasteiger partial charge < -0.3 is 10.5 Å². The van der Waals surface area contributed by atoms with Gasteiger partial charge in [0.25, 0.3) is 0 Å². The second kappa shape index (κ2) is 5.61. The molecule has 2 nitrogen and oxygen atoms in total. The molecule has 0 amide bonds. The molecular weight excluding hydrogens is 162 g/mol. The third-order valence-electron chi connectivity index (χ3n) is 3.18. The predicted octanol–water partition coefficient (Wildman–Crippen LogP) is 2.32. The lowest BCUT2D eigenvalue weighted by Crippen LogP contribution is -2.34. The molecule has 0 aromatic rings. The summed E-state index contributed by atoms with van der Waals surface area (Å²) in [5, 5.41) is 0. The molecule has 0 radical (unpaired) electrons. The minimum Gasteiger partial charge on any atom is -0.378 e. The van der Waals surface area contributed by atoms with Crippen LogP contribution in [0.2, 0.25) is 0 Å². The first-order valence-corrected chi connectivity index (χ1v) is 5.61. The van der Waals surface area contributed by atoms with Crippen molar-refractivity contribution in [2.75, 3.05) is 6.61 Å². The molecule has 0 aromatic heterocycles. The molecule has 1 rings (SSSR count). The number of ether oxygens (including phenoxy) is 1. The average molecular weight is 185 g/mol. The van der Waals surface area contributed by atoms with Crippen LogP contribution in [-0.2, 0) is 4.74 Å². The molecule has 0 aliphatic carbocycles. The van der Waals surface area contributed by atoms with Crippen molar-refractivity contribution in [3.05, 3.63) is 0 Å². The van der Waals surface area contributed by atoms with Crippen molar-refractivity contribution < 1.29 is 4.74 Å². The molecule has 0 aromatic carbocycles. The first kappa shape index (κ1) is 11.0. The smallest absolute Gasteiger partial charge is 0.0590 e. The van der Waals surface area contributed by atoms with Gasteiger partial charge in [0.1, 0.15) is 0 Å². The van der Waals surface area contributed by atoms with Crippen molar-refractivity contribution in [3.63, 3.8) is 0 Å². The predicted molar refractivity (Wildman–Crippen MR) is 55.6 cm³/mol. The van der Waals surface area contributed by atoms with Gasteiger partial charge in [-0.3, -0.25) is 0 Å². The minimum atomic E-state index is 0.327. The molecule has 1 fully saturated rings. The maximum Gasteiger partial charge on any atom is 0.0590 e. The monoisotopic (exact) mass is 185 g/mol. The van der Waals surface area contributed by atoms with E-state index < -0.39 is 0 Å². The minimum absolute atomic E-state index is 0.327.